The van der Waals surface area contributed by atoms with Crippen LogP contribution in [0, 0.1) is 5.92 Å². The highest BCUT2D eigenvalue weighted by atomic mass is 32.1. The van der Waals surface area contributed by atoms with Crippen LogP contribution in [0.3, 0.4) is 0 Å². The molecule has 2 aliphatic rings. The number of nitrogens with one attached hydrogen (secondary N) is 1. The molecule has 25 heavy (non-hydrogen) atoms. The van der Waals surface area contributed by atoms with Gasteiger partial charge in [-0.25, -0.2) is 4.79 Å². The Bertz CT molecular complexity index is 661. The molecule has 0 unspecified atom stereocenters. The maximum absolute atomic E-state index is 12.9. The second kappa shape index (κ2) is 7.15. The Morgan fingerprint density at radius 3 is 2.88 bits per heavy atom. The van der Waals surface area contributed by atoms with Gasteiger partial charge in [-0.15, -0.1) is 11.3 Å². The molecule has 3 rings (SSSR count). The SMILES string of the molecule is CCN(Cc1cccs1)C(=O)CN1C(=O)N[C@@]2(CCCC[C@@H]2C)C1=O. The van der Waals surface area contributed by atoms with E-state index in [0.717, 1.165) is 29.0 Å². The number of carbonyl (C=O) groups is 3. The monoisotopic (exact) mass is 363 g/mol. The number of hydrogen-bond donors (Lipinski definition) is 1. The molecule has 1 saturated heterocycles. The number of nitrogens with zero attached hydrogens (tertiary/aromatic N) is 2. The van der Waals surface area contributed by atoms with Crippen LogP contribution in [0.4, 0.5) is 4.79 Å². The lowest BCUT2D eigenvalue weighted by Gasteiger charge is -2.36. The summed E-state index contributed by atoms with van der Waals surface area (Å²) in [6, 6.07) is 3.50. The predicted molar refractivity (Wildman–Crippen MR) is 96.0 cm³/mol. The number of urea groups is 1. The van der Waals surface area contributed by atoms with E-state index in [2.05, 4.69) is 5.32 Å². The van der Waals surface area contributed by atoms with Crippen molar-refractivity contribution in [1.29, 1.82) is 0 Å². The van der Waals surface area contributed by atoms with Crippen molar-refractivity contribution in [2.24, 2.45) is 5.92 Å². The first kappa shape index (κ1) is 17.9. The smallest absolute Gasteiger partial charge is 0.325 e. The average Bonchev–Trinajstić information content (AvgIpc) is 3.18. The van der Waals surface area contributed by atoms with E-state index in [1.165, 1.54) is 0 Å². The van der Waals surface area contributed by atoms with Crippen molar-refractivity contribution in [1.82, 2.24) is 15.1 Å². The average molecular weight is 363 g/mol. The molecule has 0 radical (unpaired) electrons. The van der Waals surface area contributed by atoms with Gasteiger partial charge in [-0.1, -0.05) is 25.8 Å². The fourth-order valence-corrected chi connectivity index (χ4v) is 4.56. The maximum Gasteiger partial charge on any atom is 0.325 e. The minimum Gasteiger partial charge on any atom is -0.336 e. The summed E-state index contributed by atoms with van der Waals surface area (Å²) in [6.07, 6.45) is 3.59. The fourth-order valence-electron chi connectivity index (χ4n) is 3.84. The second-order valence-corrected chi connectivity index (χ2v) is 7.96. The third-order valence-electron chi connectivity index (χ3n) is 5.46. The number of rotatable bonds is 5. The summed E-state index contributed by atoms with van der Waals surface area (Å²) >= 11 is 1.59. The van der Waals surface area contributed by atoms with Gasteiger partial charge in [0.1, 0.15) is 12.1 Å². The lowest BCUT2D eigenvalue weighted by atomic mass is 9.73. The Hall–Kier alpha value is -1.89. The number of imide groups is 1. The molecule has 1 spiro atoms. The van der Waals surface area contributed by atoms with Crippen LogP contribution >= 0.6 is 11.3 Å². The first-order chi connectivity index (χ1) is 12.0. The van der Waals surface area contributed by atoms with Crippen LogP contribution in [0.25, 0.3) is 0 Å². The van der Waals surface area contributed by atoms with Gasteiger partial charge in [0.15, 0.2) is 0 Å². The summed E-state index contributed by atoms with van der Waals surface area (Å²) in [4.78, 5) is 41.9. The quantitative estimate of drug-likeness (QED) is 0.818. The van der Waals surface area contributed by atoms with Crippen molar-refractivity contribution < 1.29 is 14.4 Å². The summed E-state index contributed by atoms with van der Waals surface area (Å²) in [7, 11) is 0. The molecular formula is C18H25N3O3S. The second-order valence-electron chi connectivity index (χ2n) is 6.93. The lowest BCUT2D eigenvalue weighted by Crippen LogP contribution is -2.54. The lowest BCUT2D eigenvalue weighted by molar-refractivity contribution is -0.140. The van der Waals surface area contributed by atoms with Crippen molar-refractivity contribution in [2.45, 2.75) is 51.6 Å². The van der Waals surface area contributed by atoms with Gasteiger partial charge >= 0.3 is 6.03 Å². The first-order valence-corrected chi connectivity index (χ1v) is 9.80. The molecule has 0 bridgehead atoms. The molecule has 2 heterocycles. The Balaban J connectivity index is 1.70. The summed E-state index contributed by atoms with van der Waals surface area (Å²) in [5, 5.41) is 4.87. The van der Waals surface area contributed by atoms with Crippen molar-refractivity contribution in [3.8, 4) is 0 Å². The van der Waals surface area contributed by atoms with E-state index in [0.29, 0.717) is 19.5 Å². The minimum absolute atomic E-state index is 0.103. The van der Waals surface area contributed by atoms with E-state index >= 15 is 0 Å². The van der Waals surface area contributed by atoms with E-state index in [-0.39, 0.29) is 24.3 Å². The number of likely N-dealkylation sites (N-methyl/N-ethyl adjacent to an activating group) is 1. The summed E-state index contributed by atoms with van der Waals surface area (Å²) in [5.74, 6) is -0.323. The molecule has 6 nitrogen and oxygen atoms in total. The van der Waals surface area contributed by atoms with Gasteiger partial charge in [-0.3, -0.25) is 14.5 Å². The zero-order valence-corrected chi connectivity index (χ0v) is 15.6. The Morgan fingerprint density at radius 2 is 2.24 bits per heavy atom. The third kappa shape index (κ3) is 3.29. The number of hydrogen-bond acceptors (Lipinski definition) is 4. The van der Waals surface area contributed by atoms with E-state index in [9.17, 15) is 14.4 Å². The normalized spacial score (nSPS) is 26.2. The molecule has 2 fully saturated rings. The summed E-state index contributed by atoms with van der Waals surface area (Å²) in [6.45, 7) is 4.79. The molecular weight excluding hydrogens is 338 g/mol. The molecule has 1 N–H and O–H groups in total. The molecule has 2 atom stereocenters. The van der Waals surface area contributed by atoms with Gasteiger partial charge in [-0.2, -0.15) is 0 Å². The summed E-state index contributed by atoms with van der Waals surface area (Å²) in [5.41, 5.74) is -0.805. The largest absolute Gasteiger partial charge is 0.336 e. The molecule has 7 heteroatoms. The van der Waals surface area contributed by atoms with Crippen molar-refractivity contribution >= 4 is 29.2 Å². The highest BCUT2D eigenvalue weighted by Crippen LogP contribution is 2.38. The highest BCUT2D eigenvalue weighted by molar-refractivity contribution is 7.09. The molecule has 0 aromatic carbocycles. The Kier molecular flexibility index (Phi) is 5.13. The van der Waals surface area contributed by atoms with Gasteiger partial charge < -0.3 is 10.2 Å². The molecule has 1 aromatic heterocycles. The molecule has 1 aliphatic heterocycles. The minimum atomic E-state index is -0.805. The van der Waals surface area contributed by atoms with Gasteiger partial charge in [-0.05, 0) is 37.1 Å². The molecule has 4 amide bonds. The number of amides is 4. The number of thiophene rings is 1. The molecule has 1 aliphatic carbocycles. The Labute approximate surface area is 152 Å². The van der Waals surface area contributed by atoms with E-state index in [4.69, 9.17) is 0 Å². The molecule has 1 aromatic rings. The fraction of sp³-hybridized carbons (Fsp3) is 0.611. The van der Waals surface area contributed by atoms with Crippen LogP contribution < -0.4 is 5.32 Å². The number of carbonyl (C=O) groups excluding carboxylic acids is 3. The summed E-state index contributed by atoms with van der Waals surface area (Å²) < 4.78 is 0. The van der Waals surface area contributed by atoms with Crippen molar-refractivity contribution in [3.05, 3.63) is 22.4 Å². The van der Waals surface area contributed by atoms with E-state index < -0.39 is 11.6 Å². The molecule has 1 saturated carbocycles. The molecule has 136 valence electrons. The van der Waals surface area contributed by atoms with Gasteiger partial charge in [0, 0.05) is 11.4 Å². The third-order valence-corrected chi connectivity index (χ3v) is 6.32. The van der Waals surface area contributed by atoms with Crippen molar-refractivity contribution in [2.75, 3.05) is 13.1 Å². The van der Waals surface area contributed by atoms with Crippen LogP contribution in [0.2, 0.25) is 0 Å². The first-order valence-electron chi connectivity index (χ1n) is 8.92. The zero-order valence-electron chi connectivity index (χ0n) is 14.8. The standard InChI is InChI=1S/C18H25N3O3S/c1-3-20(11-14-8-6-10-25-14)15(22)12-21-16(23)18(19-17(21)24)9-5-4-7-13(18)2/h6,8,10,13H,3-5,7,9,11-12H2,1-2H3,(H,19,24)/t13-,18+/m0/s1. The van der Waals surface area contributed by atoms with Gasteiger partial charge in [0.2, 0.25) is 5.91 Å². The van der Waals surface area contributed by atoms with Crippen LogP contribution in [0.5, 0.6) is 0 Å². The topological polar surface area (TPSA) is 69.7 Å². The van der Waals surface area contributed by atoms with E-state index in [1.807, 2.05) is 31.4 Å². The van der Waals surface area contributed by atoms with Gasteiger partial charge in [0.25, 0.3) is 5.91 Å². The van der Waals surface area contributed by atoms with Crippen LogP contribution in [0.1, 0.15) is 44.4 Å². The van der Waals surface area contributed by atoms with Crippen LogP contribution in [0.15, 0.2) is 17.5 Å². The zero-order chi connectivity index (χ0) is 18.0. The van der Waals surface area contributed by atoms with Crippen LogP contribution in [-0.2, 0) is 16.1 Å². The predicted octanol–water partition coefficient (Wildman–Crippen LogP) is 2.60. The van der Waals surface area contributed by atoms with Crippen molar-refractivity contribution in [3.63, 3.8) is 0 Å². The Morgan fingerprint density at radius 1 is 1.44 bits per heavy atom. The maximum atomic E-state index is 12.9. The van der Waals surface area contributed by atoms with Gasteiger partial charge in [0.05, 0.1) is 6.54 Å². The van der Waals surface area contributed by atoms with Crippen LogP contribution in [-0.4, -0.2) is 46.3 Å². The van der Waals surface area contributed by atoms with E-state index in [1.54, 1.807) is 16.2 Å². The highest BCUT2D eigenvalue weighted by Gasteiger charge is 2.55.